The Morgan fingerprint density at radius 2 is 1.79 bits per heavy atom. The minimum Gasteiger partial charge on any atom is -0.326 e. The van der Waals surface area contributed by atoms with E-state index in [1.807, 2.05) is 0 Å². The molecule has 2 nitrogen and oxygen atoms in total. The van der Waals surface area contributed by atoms with Crippen LogP contribution in [0.15, 0.2) is 30.3 Å². The fraction of sp³-hybridized carbons (Fsp3) is 0.647. The van der Waals surface area contributed by atoms with Gasteiger partial charge in [-0.05, 0) is 54.4 Å². The van der Waals surface area contributed by atoms with Gasteiger partial charge >= 0.3 is 0 Å². The molecule has 1 aromatic rings. The van der Waals surface area contributed by atoms with Crippen molar-refractivity contribution < 1.29 is 0 Å². The van der Waals surface area contributed by atoms with Crippen molar-refractivity contribution in [1.82, 2.24) is 0 Å². The van der Waals surface area contributed by atoms with E-state index in [2.05, 4.69) is 37.3 Å². The molecule has 102 valence electrons. The summed E-state index contributed by atoms with van der Waals surface area (Å²) in [6.07, 6.45) is 6.04. The number of hydrogen-bond acceptors (Lipinski definition) is 2. The Labute approximate surface area is 115 Å². The molecule has 4 saturated carbocycles. The van der Waals surface area contributed by atoms with Gasteiger partial charge in [0.2, 0.25) is 0 Å². The molecule has 0 radical (unpaired) electrons. The summed E-state index contributed by atoms with van der Waals surface area (Å²) >= 11 is 0. The quantitative estimate of drug-likeness (QED) is 0.811. The first-order valence-electron chi connectivity index (χ1n) is 7.56. The molecular formula is C17H24N2. The molecule has 5 rings (SSSR count). The molecule has 4 fully saturated rings. The first-order valence-corrected chi connectivity index (χ1v) is 7.56. The van der Waals surface area contributed by atoms with Crippen molar-refractivity contribution in [2.24, 2.45) is 22.8 Å². The highest BCUT2D eigenvalue weighted by Crippen LogP contribution is 2.65. The molecule has 0 heterocycles. The third-order valence-electron chi connectivity index (χ3n) is 6.27. The fourth-order valence-corrected chi connectivity index (χ4v) is 6.00. The maximum Gasteiger partial charge on any atom is 0.0324 e. The average Bonchev–Trinajstić information content (AvgIpc) is 2.36. The molecule has 0 aliphatic heterocycles. The summed E-state index contributed by atoms with van der Waals surface area (Å²) in [7, 11) is 0. The van der Waals surface area contributed by atoms with Crippen LogP contribution in [0.1, 0.15) is 44.6 Å². The van der Waals surface area contributed by atoms with Crippen LogP contribution in [-0.4, -0.2) is 11.6 Å². The second kappa shape index (κ2) is 3.42. The monoisotopic (exact) mass is 256 g/mol. The summed E-state index contributed by atoms with van der Waals surface area (Å²) in [5.74, 6) is 0.775. The summed E-state index contributed by atoms with van der Waals surface area (Å²) in [4.78, 5) is 0. The summed E-state index contributed by atoms with van der Waals surface area (Å²) in [6.45, 7) is 2.38. The standard InChI is InChI=1S/C17H24N2/c1-15-7-12-8-16(10-15,13-5-3-2-4-6-13)11-17(19,9-12)14(15)18/h2-6,12,14H,7-11,18-19H2,1H3. The van der Waals surface area contributed by atoms with Gasteiger partial charge in [0.15, 0.2) is 0 Å². The zero-order chi connectivity index (χ0) is 13.3. The minimum absolute atomic E-state index is 0.135. The normalized spacial score (nSPS) is 51.5. The molecule has 5 unspecified atom stereocenters. The van der Waals surface area contributed by atoms with Crippen LogP contribution >= 0.6 is 0 Å². The summed E-state index contributed by atoms with van der Waals surface area (Å²) in [5, 5.41) is 0. The highest BCUT2D eigenvalue weighted by Gasteiger charge is 2.64. The molecular weight excluding hydrogens is 232 g/mol. The van der Waals surface area contributed by atoms with Crippen LogP contribution in [-0.2, 0) is 5.41 Å². The van der Waals surface area contributed by atoms with E-state index < -0.39 is 0 Å². The van der Waals surface area contributed by atoms with Crippen molar-refractivity contribution in [2.45, 2.75) is 56.0 Å². The van der Waals surface area contributed by atoms with Crippen LogP contribution in [0.4, 0.5) is 0 Å². The second-order valence-electron chi connectivity index (χ2n) is 7.84. The van der Waals surface area contributed by atoms with E-state index in [-0.39, 0.29) is 17.0 Å². The predicted molar refractivity (Wildman–Crippen MR) is 77.7 cm³/mol. The zero-order valence-corrected chi connectivity index (χ0v) is 11.7. The van der Waals surface area contributed by atoms with E-state index in [9.17, 15) is 0 Å². The second-order valence-corrected chi connectivity index (χ2v) is 7.84. The number of nitrogens with two attached hydrogens (primary N) is 2. The number of benzene rings is 1. The lowest BCUT2D eigenvalue weighted by Crippen LogP contribution is -2.75. The van der Waals surface area contributed by atoms with Crippen molar-refractivity contribution in [2.75, 3.05) is 0 Å². The zero-order valence-electron chi connectivity index (χ0n) is 11.7. The van der Waals surface area contributed by atoms with Gasteiger partial charge < -0.3 is 11.5 Å². The predicted octanol–water partition coefficient (Wildman–Crippen LogP) is 2.56. The summed E-state index contributed by atoms with van der Waals surface area (Å²) in [5.41, 5.74) is 15.2. The summed E-state index contributed by atoms with van der Waals surface area (Å²) in [6, 6.07) is 11.2. The molecule has 4 bridgehead atoms. The van der Waals surface area contributed by atoms with Gasteiger partial charge in [-0.2, -0.15) is 0 Å². The van der Waals surface area contributed by atoms with E-state index in [1.54, 1.807) is 0 Å². The molecule has 19 heavy (non-hydrogen) atoms. The largest absolute Gasteiger partial charge is 0.326 e. The van der Waals surface area contributed by atoms with Crippen LogP contribution in [0, 0.1) is 11.3 Å². The van der Waals surface area contributed by atoms with Gasteiger partial charge in [0.05, 0.1) is 0 Å². The smallest absolute Gasteiger partial charge is 0.0324 e. The Hall–Kier alpha value is -0.860. The summed E-state index contributed by atoms with van der Waals surface area (Å²) < 4.78 is 0. The molecule has 2 heteroatoms. The average molecular weight is 256 g/mol. The molecule has 4 N–H and O–H groups in total. The molecule has 4 aliphatic carbocycles. The Bertz CT molecular complexity index is 489. The van der Waals surface area contributed by atoms with Crippen molar-refractivity contribution in [1.29, 1.82) is 0 Å². The Morgan fingerprint density at radius 3 is 2.47 bits per heavy atom. The Balaban J connectivity index is 1.84. The van der Waals surface area contributed by atoms with E-state index >= 15 is 0 Å². The Morgan fingerprint density at radius 1 is 1.05 bits per heavy atom. The molecule has 1 aromatic carbocycles. The van der Waals surface area contributed by atoms with Gasteiger partial charge in [-0.25, -0.2) is 0 Å². The highest BCUT2D eigenvalue weighted by molar-refractivity contribution is 5.34. The van der Waals surface area contributed by atoms with Crippen LogP contribution in [0.5, 0.6) is 0 Å². The molecule has 5 atom stereocenters. The first kappa shape index (κ1) is 11.9. The third kappa shape index (κ3) is 1.45. The third-order valence-corrected chi connectivity index (χ3v) is 6.27. The van der Waals surface area contributed by atoms with E-state index in [1.165, 1.54) is 24.8 Å². The molecule has 0 amide bonds. The Kier molecular flexibility index (Phi) is 2.15. The van der Waals surface area contributed by atoms with Crippen LogP contribution in [0.3, 0.4) is 0 Å². The fourth-order valence-electron chi connectivity index (χ4n) is 6.00. The van der Waals surface area contributed by atoms with E-state index in [4.69, 9.17) is 11.5 Å². The van der Waals surface area contributed by atoms with E-state index in [0.717, 1.165) is 18.8 Å². The minimum atomic E-state index is -0.135. The first-order chi connectivity index (χ1) is 8.96. The maximum atomic E-state index is 6.75. The van der Waals surface area contributed by atoms with Gasteiger partial charge in [0.1, 0.15) is 0 Å². The topological polar surface area (TPSA) is 52.0 Å². The van der Waals surface area contributed by atoms with Crippen molar-refractivity contribution >= 4 is 0 Å². The molecule has 0 aromatic heterocycles. The van der Waals surface area contributed by atoms with Gasteiger partial charge in [0, 0.05) is 11.6 Å². The lowest BCUT2D eigenvalue weighted by atomic mass is 9.39. The van der Waals surface area contributed by atoms with E-state index in [0.29, 0.717) is 5.41 Å². The highest BCUT2D eigenvalue weighted by atomic mass is 14.9. The molecule has 0 spiro atoms. The molecule has 0 saturated heterocycles. The van der Waals surface area contributed by atoms with Crippen LogP contribution < -0.4 is 11.5 Å². The van der Waals surface area contributed by atoms with Crippen molar-refractivity contribution in [3.8, 4) is 0 Å². The number of hydrogen-bond donors (Lipinski definition) is 2. The van der Waals surface area contributed by atoms with Gasteiger partial charge in [-0.1, -0.05) is 37.3 Å². The van der Waals surface area contributed by atoms with Crippen LogP contribution in [0.25, 0.3) is 0 Å². The van der Waals surface area contributed by atoms with Gasteiger partial charge in [-0.15, -0.1) is 0 Å². The lowest BCUT2D eigenvalue weighted by molar-refractivity contribution is -0.0933. The lowest BCUT2D eigenvalue weighted by Gasteiger charge is -2.68. The van der Waals surface area contributed by atoms with Gasteiger partial charge in [0.25, 0.3) is 0 Å². The SMILES string of the molecule is CC12CC3CC(c4ccccc4)(C1)CC(N)(C3)C2N. The van der Waals surface area contributed by atoms with Crippen LogP contribution in [0.2, 0.25) is 0 Å². The van der Waals surface area contributed by atoms with Crippen molar-refractivity contribution in [3.05, 3.63) is 35.9 Å². The van der Waals surface area contributed by atoms with Gasteiger partial charge in [-0.3, -0.25) is 0 Å². The maximum absolute atomic E-state index is 6.75. The number of rotatable bonds is 1. The molecule has 4 aliphatic rings. The van der Waals surface area contributed by atoms with Crippen molar-refractivity contribution in [3.63, 3.8) is 0 Å².